The number of carboxylic acid groups (broad SMARTS) is 1. The van der Waals surface area contributed by atoms with Crippen molar-refractivity contribution >= 4 is 27.9 Å². The van der Waals surface area contributed by atoms with Crippen LogP contribution in [0.5, 0.6) is 0 Å². The Bertz CT molecular complexity index is 200. The lowest BCUT2D eigenvalue weighted by molar-refractivity contribution is -0.143. The minimum absolute atomic E-state index is 0.181. The van der Waals surface area contributed by atoms with Crippen molar-refractivity contribution in [2.45, 2.75) is 18.2 Å². The van der Waals surface area contributed by atoms with E-state index >= 15 is 0 Å². The number of carboxylic acids is 1. The van der Waals surface area contributed by atoms with E-state index in [9.17, 15) is 9.59 Å². The van der Waals surface area contributed by atoms with E-state index in [0.717, 1.165) is 0 Å². The fourth-order valence-corrected chi connectivity index (χ4v) is 0.690. The highest BCUT2D eigenvalue weighted by molar-refractivity contribution is 9.10. The van der Waals surface area contributed by atoms with Crippen molar-refractivity contribution in [3.05, 3.63) is 12.3 Å². The molecule has 0 rings (SSSR count). The number of alkyl halides is 1. The summed E-state index contributed by atoms with van der Waals surface area (Å²) in [5, 5.41) is 8.38. The molecule has 0 spiro atoms. The maximum atomic E-state index is 10.8. The molecule has 0 saturated carbocycles. The first-order valence-electron chi connectivity index (χ1n) is 3.25. The molecule has 0 heterocycles. The molecule has 1 unspecified atom stereocenters. The molecule has 12 heavy (non-hydrogen) atoms. The molecular formula is C7H9BrO4. The highest BCUT2D eigenvalue weighted by Crippen LogP contribution is 2.06. The molecule has 0 aromatic carbocycles. The number of hydrogen-bond acceptors (Lipinski definition) is 3. The number of rotatable bonds is 4. The minimum Gasteiger partial charge on any atom is -0.480 e. The highest BCUT2D eigenvalue weighted by atomic mass is 79.9. The zero-order valence-corrected chi connectivity index (χ0v) is 8.08. The van der Waals surface area contributed by atoms with Crippen LogP contribution in [0.3, 0.4) is 0 Å². The van der Waals surface area contributed by atoms with E-state index in [-0.39, 0.29) is 6.42 Å². The average Bonchev–Trinajstić information content (AvgIpc) is 2.00. The van der Waals surface area contributed by atoms with Crippen LogP contribution in [0.4, 0.5) is 0 Å². The first-order chi connectivity index (χ1) is 5.57. The zero-order chi connectivity index (χ0) is 9.56. The fourth-order valence-electron chi connectivity index (χ4n) is 0.426. The molecule has 0 aliphatic carbocycles. The molecule has 1 atom stereocenters. The summed E-state index contributed by atoms with van der Waals surface area (Å²) in [5.41, 5.74) is 0. The molecule has 0 aromatic heterocycles. The van der Waals surface area contributed by atoms with Crippen LogP contribution in [-0.4, -0.2) is 21.9 Å². The lowest BCUT2D eigenvalue weighted by Gasteiger charge is -2.01. The second kappa shape index (κ2) is 5.77. The van der Waals surface area contributed by atoms with Crippen molar-refractivity contribution < 1.29 is 19.4 Å². The second-order valence-corrected chi connectivity index (χ2v) is 3.07. The SMILES string of the molecule is CC=COC(=O)CC(Br)C(=O)O. The van der Waals surface area contributed by atoms with Gasteiger partial charge in [-0.15, -0.1) is 0 Å². The molecule has 5 heteroatoms. The standard InChI is InChI=1S/C7H9BrO4/c1-2-3-12-6(9)4-5(8)7(10)11/h2-3,5H,4H2,1H3,(H,10,11). The third-order valence-electron chi connectivity index (χ3n) is 0.949. The molecule has 0 radical (unpaired) electrons. The molecular weight excluding hydrogens is 228 g/mol. The number of halogens is 1. The smallest absolute Gasteiger partial charge is 0.317 e. The van der Waals surface area contributed by atoms with Crippen LogP contribution in [-0.2, 0) is 14.3 Å². The zero-order valence-electron chi connectivity index (χ0n) is 6.49. The quantitative estimate of drug-likeness (QED) is 0.454. The number of aliphatic carboxylic acids is 1. The fraction of sp³-hybridized carbons (Fsp3) is 0.429. The largest absolute Gasteiger partial charge is 0.480 e. The lowest BCUT2D eigenvalue weighted by Crippen LogP contribution is -2.17. The van der Waals surface area contributed by atoms with Crippen molar-refractivity contribution in [1.29, 1.82) is 0 Å². The van der Waals surface area contributed by atoms with E-state index in [4.69, 9.17) is 5.11 Å². The van der Waals surface area contributed by atoms with Gasteiger partial charge >= 0.3 is 11.9 Å². The average molecular weight is 237 g/mol. The van der Waals surface area contributed by atoms with Crippen molar-refractivity contribution in [1.82, 2.24) is 0 Å². The molecule has 1 N–H and O–H groups in total. The maximum Gasteiger partial charge on any atom is 0.317 e. The van der Waals surface area contributed by atoms with Crippen molar-refractivity contribution in [2.24, 2.45) is 0 Å². The van der Waals surface area contributed by atoms with Gasteiger partial charge in [0.05, 0.1) is 12.7 Å². The Labute approximate surface area is 78.3 Å². The third-order valence-corrected chi connectivity index (χ3v) is 1.66. The Kier molecular flexibility index (Phi) is 5.36. The molecule has 0 amide bonds. The van der Waals surface area contributed by atoms with Crippen LogP contribution in [0.15, 0.2) is 12.3 Å². The van der Waals surface area contributed by atoms with E-state index < -0.39 is 16.8 Å². The Balaban J connectivity index is 3.76. The number of esters is 1. The van der Waals surface area contributed by atoms with Gasteiger partial charge in [0.15, 0.2) is 0 Å². The van der Waals surface area contributed by atoms with Crippen molar-refractivity contribution in [2.75, 3.05) is 0 Å². The van der Waals surface area contributed by atoms with Gasteiger partial charge in [-0.1, -0.05) is 22.0 Å². The van der Waals surface area contributed by atoms with Crippen LogP contribution >= 0.6 is 15.9 Å². The molecule has 4 nitrogen and oxygen atoms in total. The number of carbonyl (C=O) groups is 2. The summed E-state index contributed by atoms with van der Waals surface area (Å²) in [5.74, 6) is -1.65. The maximum absolute atomic E-state index is 10.8. The minimum atomic E-state index is -1.08. The summed E-state index contributed by atoms with van der Waals surface area (Å²) in [6, 6.07) is 0. The van der Waals surface area contributed by atoms with Gasteiger partial charge in [0.2, 0.25) is 0 Å². The van der Waals surface area contributed by atoms with Gasteiger partial charge in [0, 0.05) is 0 Å². The second-order valence-electron chi connectivity index (χ2n) is 1.97. The van der Waals surface area contributed by atoms with Gasteiger partial charge in [-0.05, 0) is 6.92 Å². The van der Waals surface area contributed by atoms with Gasteiger partial charge in [-0.3, -0.25) is 9.59 Å². The van der Waals surface area contributed by atoms with Gasteiger partial charge in [0.25, 0.3) is 0 Å². The van der Waals surface area contributed by atoms with Gasteiger partial charge in [-0.25, -0.2) is 0 Å². The summed E-state index contributed by atoms with van der Waals surface area (Å²) >= 11 is 2.81. The van der Waals surface area contributed by atoms with Crippen molar-refractivity contribution in [3.8, 4) is 0 Å². The number of carbonyl (C=O) groups excluding carboxylic acids is 1. The molecule has 68 valence electrons. The highest BCUT2D eigenvalue weighted by Gasteiger charge is 2.17. The predicted molar refractivity (Wildman–Crippen MR) is 45.9 cm³/mol. The van der Waals surface area contributed by atoms with Crippen LogP contribution in [0.25, 0.3) is 0 Å². The van der Waals surface area contributed by atoms with E-state index in [1.54, 1.807) is 13.0 Å². The van der Waals surface area contributed by atoms with Crippen molar-refractivity contribution in [3.63, 3.8) is 0 Å². The molecule has 0 aliphatic heterocycles. The summed E-state index contributed by atoms with van der Waals surface area (Å²) in [6.07, 6.45) is 2.57. The van der Waals surface area contributed by atoms with Crippen LogP contribution < -0.4 is 0 Å². The number of ether oxygens (including phenoxy) is 1. The Morgan fingerprint density at radius 2 is 2.25 bits per heavy atom. The molecule has 0 saturated heterocycles. The van der Waals surface area contributed by atoms with Gasteiger partial charge in [-0.2, -0.15) is 0 Å². The molecule has 0 bridgehead atoms. The van der Waals surface area contributed by atoms with E-state index in [1.165, 1.54) is 6.26 Å². The van der Waals surface area contributed by atoms with E-state index in [0.29, 0.717) is 0 Å². The van der Waals surface area contributed by atoms with Crippen LogP contribution in [0.1, 0.15) is 13.3 Å². The number of allylic oxidation sites excluding steroid dienone is 1. The topological polar surface area (TPSA) is 63.6 Å². The lowest BCUT2D eigenvalue weighted by atomic mass is 10.3. The first-order valence-corrected chi connectivity index (χ1v) is 4.17. The monoisotopic (exact) mass is 236 g/mol. The molecule has 0 fully saturated rings. The summed E-state index contributed by atoms with van der Waals surface area (Å²) < 4.78 is 4.50. The predicted octanol–water partition coefficient (Wildman–Crippen LogP) is 1.30. The van der Waals surface area contributed by atoms with Gasteiger partial charge < -0.3 is 9.84 Å². The van der Waals surface area contributed by atoms with Crippen LogP contribution in [0, 0.1) is 0 Å². The van der Waals surface area contributed by atoms with E-state index in [2.05, 4.69) is 20.7 Å². The third kappa shape index (κ3) is 4.90. The Hall–Kier alpha value is -0.840. The summed E-state index contributed by atoms with van der Waals surface area (Å²) in [7, 11) is 0. The Morgan fingerprint density at radius 1 is 1.67 bits per heavy atom. The summed E-state index contributed by atoms with van der Waals surface area (Å²) in [6.45, 7) is 1.69. The number of hydrogen-bond donors (Lipinski definition) is 1. The summed E-state index contributed by atoms with van der Waals surface area (Å²) in [4.78, 5) is 20.1. The van der Waals surface area contributed by atoms with Crippen LogP contribution in [0.2, 0.25) is 0 Å². The van der Waals surface area contributed by atoms with E-state index in [1.807, 2.05) is 0 Å². The molecule has 0 aromatic rings. The van der Waals surface area contributed by atoms with Gasteiger partial charge in [0.1, 0.15) is 4.83 Å². The molecule has 0 aliphatic rings. The first kappa shape index (κ1) is 11.2. The normalized spacial score (nSPS) is 12.8. The Morgan fingerprint density at radius 3 is 2.67 bits per heavy atom.